The molecular formula is C24H19F6N3O2. The number of para-hydroxylation sites is 1. The third-order valence-electron chi connectivity index (χ3n) is 5.47. The maximum atomic E-state index is 13.4. The fourth-order valence-corrected chi connectivity index (χ4v) is 3.69. The molecule has 2 heterocycles. The minimum Gasteiger partial charge on any atom is -0.488 e. The van der Waals surface area contributed by atoms with Gasteiger partial charge in [-0.15, -0.1) is 0 Å². The Labute approximate surface area is 196 Å². The van der Waals surface area contributed by atoms with Gasteiger partial charge in [-0.2, -0.15) is 26.3 Å². The van der Waals surface area contributed by atoms with Crippen LogP contribution in [-0.4, -0.2) is 27.0 Å². The fourth-order valence-electron chi connectivity index (χ4n) is 3.69. The lowest BCUT2D eigenvalue weighted by atomic mass is 10.0. The predicted octanol–water partition coefficient (Wildman–Crippen LogP) is 5.46. The molecule has 0 bridgehead atoms. The van der Waals surface area contributed by atoms with Gasteiger partial charge >= 0.3 is 12.4 Å². The normalized spacial score (nSPS) is 13.6. The Morgan fingerprint density at radius 3 is 2.29 bits per heavy atom. The van der Waals surface area contributed by atoms with Gasteiger partial charge in [0.05, 0.1) is 23.2 Å². The number of fused-ring (bicyclic) bond motifs is 1. The molecule has 1 aliphatic heterocycles. The van der Waals surface area contributed by atoms with Gasteiger partial charge in [0.1, 0.15) is 18.2 Å². The first-order valence-electron chi connectivity index (χ1n) is 10.4. The molecule has 0 aliphatic carbocycles. The smallest absolute Gasteiger partial charge is 0.416 e. The SMILES string of the molecule is Cn1ccnc1CN(Cc1cc(C(F)(F)F)cc(C(F)(F)F)c1)C(=O)C1=Cc2ccccc2OC1. The number of halogens is 6. The second-order valence-electron chi connectivity index (χ2n) is 8.03. The molecule has 0 spiro atoms. The van der Waals surface area contributed by atoms with Crippen molar-refractivity contribution in [2.24, 2.45) is 7.05 Å². The summed E-state index contributed by atoms with van der Waals surface area (Å²) in [6.07, 6.45) is -5.30. The van der Waals surface area contributed by atoms with E-state index in [-0.39, 0.29) is 30.4 Å². The highest BCUT2D eigenvalue weighted by molar-refractivity contribution is 5.99. The van der Waals surface area contributed by atoms with E-state index in [1.54, 1.807) is 48.2 Å². The number of benzene rings is 2. The lowest BCUT2D eigenvalue weighted by Crippen LogP contribution is -2.34. The van der Waals surface area contributed by atoms with E-state index in [0.717, 1.165) is 4.90 Å². The van der Waals surface area contributed by atoms with Crippen molar-refractivity contribution < 1.29 is 35.9 Å². The van der Waals surface area contributed by atoms with Gasteiger partial charge in [0.15, 0.2) is 0 Å². The summed E-state index contributed by atoms with van der Waals surface area (Å²) in [5.41, 5.74) is -2.35. The molecule has 184 valence electrons. The molecule has 0 saturated carbocycles. The number of nitrogens with zero attached hydrogens (tertiary/aromatic N) is 3. The lowest BCUT2D eigenvalue weighted by Gasteiger charge is -2.26. The van der Waals surface area contributed by atoms with Gasteiger partial charge in [-0.25, -0.2) is 4.98 Å². The summed E-state index contributed by atoms with van der Waals surface area (Å²) in [5.74, 6) is 0.375. The van der Waals surface area contributed by atoms with Gasteiger partial charge < -0.3 is 14.2 Å². The maximum absolute atomic E-state index is 13.4. The molecule has 0 fully saturated rings. The quantitative estimate of drug-likeness (QED) is 0.442. The van der Waals surface area contributed by atoms with Gasteiger partial charge in [0.2, 0.25) is 0 Å². The first-order valence-corrected chi connectivity index (χ1v) is 10.4. The van der Waals surface area contributed by atoms with Crippen molar-refractivity contribution in [2.45, 2.75) is 25.4 Å². The number of alkyl halides is 6. The summed E-state index contributed by atoms with van der Waals surface area (Å²) in [5, 5.41) is 0. The Morgan fingerprint density at radius 1 is 1.03 bits per heavy atom. The number of aryl methyl sites for hydroxylation is 1. The average Bonchev–Trinajstić information content (AvgIpc) is 3.20. The van der Waals surface area contributed by atoms with E-state index in [9.17, 15) is 31.1 Å². The zero-order valence-corrected chi connectivity index (χ0v) is 18.3. The van der Waals surface area contributed by atoms with Crippen LogP contribution in [0.1, 0.15) is 28.1 Å². The van der Waals surface area contributed by atoms with E-state index in [1.807, 2.05) is 0 Å². The van der Waals surface area contributed by atoms with Crippen molar-refractivity contribution in [1.29, 1.82) is 0 Å². The fraction of sp³-hybridized carbons (Fsp3) is 0.250. The van der Waals surface area contributed by atoms with E-state index in [4.69, 9.17) is 4.74 Å². The number of ether oxygens (including phenoxy) is 1. The molecule has 1 aliphatic rings. The number of carbonyl (C=O) groups excluding carboxylic acids is 1. The van der Waals surface area contributed by atoms with Crippen molar-refractivity contribution in [1.82, 2.24) is 14.5 Å². The summed E-state index contributed by atoms with van der Waals surface area (Å²) in [6.45, 7) is -0.736. The second-order valence-corrected chi connectivity index (χ2v) is 8.03. The second kappa shape index (κ2) is 9.12. The zero-order chi connectivity index (χ0) is 25.4. The zero-order valence-electron chi connectivity index (χ0n) is 18.3. The summed E-state index contributed by atoms with van der Waals surface area (Å²) in [6, 6.07) is 8.26. The molecule has 11 heteroatoms. The van der Waals surface area contributed by atoms with Crippen LogP contribution in [0.2, 0.25) is 0 Å². The van der Waals surface area contributed by atoms with Gasteiger partial charge in [-0.3, -0.25) is 4.79 Å². The highest BCUT2D eigenvalue weighted by Gasteiger charge is 2.37. The molecule has 35 heavy (non-hydrogen) atoms. The van der Waals surface area contributed by atoms with Crippen LogP contribution in [0.5, 0.6) is 5.75 Å². The van der Waals surface area contributed by atoms with E-state index >= 15 is 0 Å². The molecule has 4 rings (SSSR count). The first kappa shape index (κ1) is 24.4. The van der Waals surface area contributed by atoms with E-state index in [0.29, 0.717) is 29.3 Å². The number of hydrogen-bond acceptors (Lipinski definition) is 3. The molecule has 1 aromatic heterocycles. The molecule has 5 nitrogen and oxygen atoms in total. The summed E-state index contributed by atoms with van der Waals surface area (Å²) in [4.78, 5) is 18.7. The molecule has 2 aromatic carbocycles. The van der Waals surface area contributed by atoms with Gasteiger partial charge in [-0.1, -0.05) is 18.2 Å². The molecule has 0 radical (unpaired) electrons. The number of rotatable bonds is 5. The maximum Gasteiger partial charge on any atom is 0.416 e. The number of carbonyl (C=O) groups is 1. The average molecular weight is 495 g/mol. The van der Waals surface area contributed by atoms with E-state index in [1.165, 1.54) is 6.20 Å². The molecule has 0 N–H and O–H groups in total. The third kappa shape index (κ3) is 5.50. The Hall–Kier alpha value is -3.76. The molecule has 0 saturated heterocycles. The van der Waals surface area contributed by atoms with E-state index < -0.39 is 35.9 Å². The van der Waals surface area contributed by atoms with Crippen molar-refractivity contribution in [3.05, 3.63) is 88.5 Å². The Kier molecular flexibility index (Phi) is 6.35. The number of amides is 1. The topological polar surface area (TPSA) is 47.4 Å². The Bertz CT molecular complexity index is 1240. The summed E-state index contributed by atoms with van der Waals surface area (Å²) in [7, 11) is 1.66. The highest BCUT2D eigenvalue weighted by atomic mass is 19.4. The minimum absolute atomic E-state index is 0.0584. The monoisotopic (exact) mass is 495 g/mol. The largest absolute Gasteiger partial charge is 0.488 e. The van der Waals surface area contributed by atoms with Crippen molar-refractivity contribution in [3.8, 4) is 5.75 Å². The van der Waals surface area contributed by atoms with Gasteiger partial charge in [0, 0.05) is 31.5 Å². The Morgan fingerprint density at radius 2 is 1.69 bits per heavy atom. The van der Waals surface area contributed by atoms with Gasteiger partial charge in [0.25, 0.3) is 5.91 Å². The molecule has 3 aromatic rings. The van der Waals surface area contributed by atoms with Crippen molar-refractivity contribution in [3.63, 3.8) is 0 Å². The van der Waals surface area contributed by atoms with Crippen molar-refractivity contribution >= 4 is 12.0 Å². The number of imidazole rings is 1. The molecular weight excluding hydrogens is 476 g/mol. The highest BCUT2D eigenvalue weighted by Crippen LogP contribution is 2.37. The van der Waals surface area contributed by atoms with Crippen LogP contribution in [0, 0.1) is 0 Å². The van der Waals surface area contributed by atoms with Crippen LogP contribution in [0.3, 0.4) is 0 Å². The predicted molar refractivity (Wildman–Crippen MR) is 114 cm³/mol. The van der Waals surface area contributed by atoms with Crippen LogP contribution < -0.4 is 4.74 Å². The van der Waals surface area contributed by atoms with Crippen LogP contribution in [-0.2, 0) is 37.3 Å². The van der Waals surface area contributed by atoms with Crippen LogP contribution in [0.15, 0.2) is 60.4 Å². The van der Waals surface area contributed by atoms with Crippen LogP contribution in [0.25, 0.3) is 6.08 Å². The van der Waals surface area contributed by atoms with E-state index in [2.05, 4.69) is 4.98 Å². The Balaban J connectivity index is 1.72. The minimum atomic E-state index is -4.99. The standard InChI is InChI=1S/C24H19F6N3O2/c1-32-7-6-31-21(32)13-33(22(34)17-10-16-4-2-3-5-20(16)35-14-17)12-15-8-18(23(25,26)27)11-19(9-15)24(28,29)30/h2-11H,12-14H2,1H3. The van der Waals surface area contributed by atoms with Gasteiger partial charge in [-0.05, 0) is 35.9 Å². The van der Waals surface area contributed by atoms with Crippen LogP contribution in [0.4, 0.5) is 26.3 Å². The lowest BCUT2D eigenvalue weighted by molar-refractivity contribution is -0.143. The third-order valence-corrected chi connectivity index (χ3v) is 5.47. The first-order chi connectivity index (χ1) is 16.4. The summed E-state index contributed by atoms with van der Waals surface area (Å²) >= 11 is 0. The number of aromatic nitrogens is 2. The molecule has 0 unspecified atom stereocenters. The number of hydrogen-bond donors (Lipinski definition) is 0. The molecule has 0 atom stereocenters. The summed E-state index contributed by atoms with van der Waals surface area (Å²) < 4.78 is 87.2. The molecule has 1 amide bonds. The van der Waals surface area contributed by atoms with Crippen LogP contribution >= 0.6 is 0 Å². The van der Waals surface area contributed by atoms with Crippen molar-refractivity contribution in [2.75, 3.05) is 6.61 Å².